The monoisotopic (exact) mass is 446 g/mol. The lowest BCUT2D eigenvalue weighted by molar-refractivity contribution is -0.141. The number of methoxy groups -OCH3 is 1. The lowest BCUT2D eigenvalue weighted by atomic mass is 10.0. The lowest BCUT2D eigenvalue weighted by Gasteiger charge is -2.35. The number of hydrogen-bond acceptors (Lipinski definition) is 7. The van der Waals surface area contributed by atoms with Crippen molar-refractivity contribution in [2.24, 2.45) is 0 Å². The minimum Gasteiger partial charge on any atom is -0.465 e. The second kappa shape index (κ2) is 7.89. The molecule has 1 saturated heterocycles. The summed E-state index contributed by atoms with van der Waals surface area (Å²) in [6.07, 6.45) is -0.496. The number of carbonyl (C=O) groups is 1. The Bertz CT molecular complexity index is 1050. The van der Waals surface area contributed by atoms with Crippen LogP contribution < -0.4 is 4.90 Å². The van der Waals surface area contributed by atoms with Gasteiger partial charge in [-0.25, -0.2) is 18.2 Å². The number of nitrogens with zero attached hydrogens (tertiary/aromatic N) is 4. The topological polar surface area (TPSA) is 94.4 Å². The highest BCUT2D eigenvalue weighted by Crippen LogP contribution is 2.39. The third-order valence-corrected chi connectivity index (χ3v) is 6.06. The Hall–Kier alpha value is -2.63. The lowest BCUT2D eigenvalue weighted by Crippen LogP contribution is -2.39. The first-order chi connectivity index (χ1) is 13.9. The van der Waals surface area contributed by atoms with Gasteiger partial charge in [-0.15, -0.1) is 0 Å². The number of esters is 1. The minimum absolute atomic E-state index is 0.0455. The summed E-state index contributed by atoms with van der Waals surface area (Å²) in [5.74, 6) is -1.27. The number of alkyl halides is 3. The Morgan fingerprint density at radius 1 is 1.27 bits per heavy atom. The van der Waals surface area contributed by atoms with Gasteiger partial charge in [0.05, 0.1) is 12.0 Å². The quantitative estimate of drug-likeness (QED) is 0.667. The number of ether oxygens (including phenoxy) is 1. The van der Waals surface area contributed by atoms with Crippen molar-refractivity contribution in [3.8, 4) is 5.82 Å². The van der Waals surface area contributed by atoms with Crippen LogP contribution in [0.1, 0.15) is 42.2 Å². The smallest absolute Gasteiger partial charge is 0.436 e. The van der Waals surface area contributed by atoms with Crippen molar-refractivity contribution in [1.82, 2.24) is 14.8 Å². The minimum atomic E-state index is -4.91. The molecule has 1 unspecified atom stereocenters. The normalized spacial score (nSPS) is 17.8. The molecular weight excluding hydrogens is 425 g/mol. The van der Waals surface area contributed by atoms with Crippen molar-refractivity contribution in [2.45, 2.75) is 43.3 Å². The number of carbonyl (C=O) groups excluding carboxylic acids is 1. The van der Waals surface area contributed by atoms with E-state index < -0.39 is 33.2 Å². The van der Waals surface area contributed by atoms with Crippen LogP contribution in [-0.4, -0.2) is 55.1 Å². The maximum atomic E-state index is 13.7. The zero-order valence-corrected chi connectivity index (χ0v) is 17.4. The third-order valence-electron chi connectivity index (χ3n) is 4.96. The van der Waals surface area contributed by atoms with E-state index in [1.165, 1.54) is 12.1 Å². The van der Waals surface area contributed by atoms with Crippen molar-refractivity contribution < 1.29 is 31.1 Å². The van der Waals surface area contributed by atoms with Crippen molar-refractivity contribution in [1.29, 1.82) is 0 Å². The van der Waals surface area contributed by atoms with Crippen LogP contribution in [0.2, 0.25) is 0 Å². The largest absolute Gasteiger partial charge is 0.465 e. The molecule has 30 heavy (non-hydrogen) atoms. The van der Waals surface area contributed by atoms with Gasteiger partial charge in [-0.2, -0.15) is 23.0 Å². The molecule has 0 spiro atoms. The second-order valence-corrected chi connectivity index (χ2v) is 9.13. The Morgan fingerprint density at radius 2 is 1.97 bits per heavy atom. The fourth-order valence-corrected chi connectivity index (χ4v) is 4.01. The number of halogens is 3. The van der Waals surface area contributed by atoms with E-state index in [1.807, 2.05) is 6.92 Å². The summed E-state index contributed by atoms with van der Waals surface area (Å²) < 4.78 is 70.1. The van der Waals surface area contributed by atoms with Crippen LogP contribution >= 0.6 is 0 Å². The molecule has 3 heterocycles. The highest BCUT2D eigenvalue weighted by Gasteiger charge is 2.44. The molecule has 2 aromatic rings. The van der Waals surface area contributed by atoms with Crippen LogP contribution in [0.25, 0.3) is 5.82 Å². The summed E-state index contributed by atoms with van der Waals surface area (Å²) in [7, 11) is -2.54. The van der Waals surface area contributed by atoms with Gasteiger partial charge in [-0.05, 0) is 38.3 Å². The summed E-state index contributed by atoms with van der Waals surface area (Å²) in [5, 5.41) is 3.66. The first kappa shape index (κ1) is 22.1. The number of anilines is 1. The van der Waals surface area contributed by atoms with Crippen LogP contribution in [0.3, 0.4) is 0 Å². The molecule has 164 valence electrons. The SMILES string of the molecule is COC(=O)c1c(C(F)(F)F)nn(-c2ccc(S(C)(=O)=O)cn2)c1N1CCCCC1C. The Morgan fingerprint density at radius 3 is 2.47 bits per heavy atom. The number of piperidine rings is 1. The highest BCUT2D eigenvalue weighted by atomic mass is 32.2. The molecule has 0 aliphatic carbocycles. The van der Waals surface area contributed by atoms with Crippen LogP contribution in [0.4, 0.5) is 19.0 Å². The Labute approximate surface area is 171 Å². The fraction of sp³-hybridized carbons (Fsp3) is 0.500. The zero-order valence-electron chi connectivity index (χ0n) is 16.6. The summed E-state index contributed by atoms with van der Waals surface area (Å²) in [5.41, 5.74) is -2.07. The van der Waals surface area contributed by atoms with Crippen LogP contribution in [0.15, 0.2) is 23.2 Å². The van der Waals surface area contributed by atoms with Gasteiger partial charge in [0, 0.05) is 25.0 Å². The van der Waals surface area contributed by atoms with Gasteiger partial charge in [0.25, 0.3) is 0 Å². The molecule has 12 heteroatoms. The van der Waals surface area contributed by atoms with Crippen molar-refractivity contribution >= 4 is 21.6 Å². The predicted molar refractivity (Wildman–Crippen MR) is 101 cm³/mol. The molecule has 0 radical (unpaired) electrons. The van der Waals surface area contributed by atoms with Gasteiger partial charge in [0.15, 0.2) is 21.3 Å². The van der Waals surface area contributed by atoms with Gasteiger partial charge in [-0.1, -0.05) is 0 Å². The third kappa shape index (κ3) is 4.13. The molecule has 0 saturated carbocycles. The first-order valence-electron chi connectivity index (χ1n) is 9.16. The summed E-state index contributed by atoms with van der Waals surface area (Å²) in [6.45, 7) is 2.28. The average molecular weight is 446 g/mol. The molecule has 0 N–H and O–H groups in total. The van der Waals surface area contributed by atoms with Gasteiger partial charge in [0.1, 0.15) is 11.4 Å². The van der Waals surface area contributed by atoms with Crippen molar-refractivity contribution in [2.75, 3.05) is 24.8 Å². The summed E-state index contributed by atoms with van der Waals surface area (Å²) in [4.78, 5) is 18.0. The molecule has 2 aromatic heterocycles. The van der Waals surface area contributed by atoms with Crippen molar-refractivity contribution in [3.05, 3.63) is 29.6 Å². The number of rotatable bonds is 4. The highest BCUT2D eigenvalue weighted by molar-refractivity contribution is 7.90. The molecule has 1 aliphatic heterocycles. The number of pyridine rings is 1. The molecule has 3 rings (SSSR count). The zero-order chi connectivity index (χ0) is 22.3. The first-order valence-corrected chi connectivity index (χ1v) is 11.1. The van der Waals surface area contributed by atoms with Gasteiger partial charge < -0.3 is 9.64 Å². The number of sulfone groups is 1. The van der Waals surface area contributed by atoms with E-state index in [0.29, 0.717) is 6.54 Å². The maximum absolute atomic E-state index is 13.7. The fourth-order valence-electron chi connectivity index (χ4n) is 3.45. The molecule has 0 amide bonds. The van der Waals surface area contributed by atoms with Crippen LogP contribution in [0.5, 0.6) is 0 Å². The van der Waals surface area contributed by atoms with Crippen LogP contribution in [-0.2, 0) is 20.8 Å². The molecule has 0 bridgehead atoms. The van der Waals surface area contributed by atoms with E-state index in [0.717, 1.165) is 43.5 Å². The van der Waals surface area contributed by atoms with Crippen molar-refractivity contribution in [3.63, 3.8) is 0 Å². The predicted octanol–water partition coefficient (Wildman–Crippen LogP) is 2.86. The summed E-state index contributed by atoms with van der Waals surface area (Å²) in [6, 6.07) is 2.34. The van der Waals surface area contributed by atoms with Gasteiger partial charge in [0.2, 0.25) is 0 Å². The molecule has 1 aliphatic rings. The molecule has 8 nitrogen and oxygen atoms in total. The average Bonchev–Trinajstić information content (AvgIpc) is 3.08. The molecule has 1 fully saturated rings. The van der Waals surface area contributed by atoms with Crippen LogP contribution in [0, 0.1) is 0 Å². The molecule has 0 aromatic carbocycles. The Balaban J connectivity index is 2.28. The maximum Gasteiger partial charge on any atom is 0.436 e. The van der Waals surface area contributed by atoms with Gasteiger partial charge in [-0.3, -0.25) is 0 Å². The summed E-state index contributed by atoms with van der Waals surface area (Å²) >= 11 is 0. The second-order valence-electron chi connectivity index (χ2n) is 7.11. The van der Waals surface area contributed by atoms with E-state index in [2.05, 4.69) is 14.8 Å². The van der Waals surface area contributed by atoms with E-state index in [-0.39, 0.29) is 22.6 Å². The van der Waals surface area contributed by atoms with E-state index >= 15 is 0 Å². The Kier molecular flexibility index (Phi) is 5.81. The van der Waals surface area contributed by atoms with E-state index in [4.69, 9.17) is 0 Å². The molecular formula is C18H21F3N4O4S. The number of aromatic nitrogens is 3. The van der Waals surface area contributed by atoms with Gasteiger partial charge >= 0.3 is 12.1 Å². The van der Waals surface area contributed by atoms with E-state index in [9.17, 15) is 26.4 Å². The molecule has 1 atom stereocenters. The number of hydrogen-bond donors (Lipinski definition) is 0. The van der Waals surface area contributed by atoms with E-state index in [1.54, 1.807) is 4.90 Å². The standard InChI is InChI=1S/C18H21F3N4O4S/c1-11-6-4-5-9-24(11)16-14(17(26)29-2)15(18(19,20)21)23-25(16)13-8-7-12(10-22-13)30(3,27)28/h7-8,10-11H,4-6,9H2,1-3H3.